The maximum Gasteiger partial charge on any atom is 0.191 e. The average molecular weight is 311 g/mol. The predicted molar refractivity (Wildman–Crippen MR) is 92.1 cm³/mol. The molecule has 0 N–H and O–H groups in total. The molecule has 20 heavy (non-hydrogen) atoms. The highest BCUT2D eigenvalue weighted by molar-refractivity contribution is 6.74. The van der Waals surface area contributed by atoms with E-state index in [0.29, 0.717) is 0 Å². The van der Waals surface area contributed by atoms with E-state index in [2.05, 4.69) is 52.1 Å². The van der Waals surface area contributed by atoms with E-state index in [4.69, 9.17) is 16.0 Å². The molecular weight excluding hydrogens is 284 g/mol. The fourth-order valence-corrected chi connectivity index (χ4v) is 2.86. The first-order chi connectivity index (χ1) is 9.24. The fourth-order valence-electron chi connectivity index (χ4n) is 1.59. The van der Waals surface area contributed by atoms with Crippen LogP contribution < -0.4 is 0 Å². The first kappa shape index (κ1) is 17.5. The van der Waals surface area contributed by atoms with Crippen molar-refractivity contribution in [1.29, 1.82) is 0 Å². The van der Waals surface area contributed by atoms with E-state index in [1.807, 2.05) is 18.2 Å². The monoisotopic (exact) mass is 310 g/mol. The van der Waals surface area contributed by atoms with Gasteiger partial charge < -0.3 is 4.43 Å². The molecule has 3 heteroatoms. The van der Waals surface area contributed by atoms with Crippen LogP contribution in [0.5, 0.6) is 0 Å². The van der Waals surface area contributed by atoms with Crippen molar-refractivity contribution in [3.63, 3.8) is 0 Å². The molecule has 0 spiro atoms. The lowest BCUT2D eigenvalue weighted by Gasteiger charge is -2.36. The van der Waals surface area contributed by atoms with E-state index in [1.54, 1.807) is 0 Å². The van der Waals surface area contributed by atoms with Crippen LogP contribution in [0, 0.1) is 0 Å². The van der Waals surface area contributed by atoms with Gasteiger partial charge in [0.2, 0.25) is 0 Å². The van der Waals surface area contributed by atoms with Gasteiger partial charge in [0.25, 0.3) is 0 Å². The maximum absolute atomic E-state index is 6.13. The topological polar surface area (TPSA) is 9.23 Å². The third-order valence-corrected chi connectivity index (χ3v) is 8.92. The molecule has 1 nitrogen and oxygen atoms in total. The standard InChI is InChI=1S/C17H27ClOSi/c1-17(2,3)20(4,5)19-14-10-6-7-11-15-12-8-9-13-16(15)18/h6-9,12-13H,10-11,14H2,1-5H3/b7-6+. The number of halogens is 1. The number of rotatable bonds is 6. The summed E-state index contributed by atoms with van der Waals surface area (Å²) in [6, 6.07) is 7.99. The van der Waals surface area contributed by atoms with Crippen LogP contribution in [0.3, 0.4) is 0 Å². The zero-order valence-electron chi connectivity index (χ0n) is 13.4. The summed E-state index contributed by atoms with van der Waals surface area (Å²) < 4.78 is 6.13. The molecule has 0 atom stereocenters. The number of allylic oxidation sites excluding steroid dienone is 1. The predicted octanol–water partition coefficient (Wildman–Crippen LogP) is 5.85. The Hall–Kier alpha value is -0.573. The quantitative estimate of drug-likeness (QED) is 0.364. The molecule has 1 aromatic carbocycles. The number of hydrogen-bond acceptors (Lipinski definition) is 1. The van der Waals surface area contributed by atoms with Gasteiger partial charge in [0, 0.05) is 11.6 Å². The Morgan fingerprint density at radius 1 is 1.15 bits per heavy atom. The molecule has 0 saturated heterocycles. The van der Waals surface area contributed by atoms with Crippen molar-refractivity contribution in [2.24, 2.45) is 0 Å². The van der Waals surface area contributed by atoms with Gasteiger partial charge in [0.15, 0.2) is 8.32 Å². The minimum absolute atomic E-state index is 0.286. The van der Waals surface area contributed by atoms with Crippen molar-refractivity contribution in [3.8, 4) is 0 Å². The minimum Gasteiger partial charge on any atom is -0.417 e. The Bertz CT molecular complexity index is 447. The lowest BCUT2D eigenvalue weighted by Crippen LogP contribution is -2.40. The lowest BCUT2D eigenvalue weighted by atomic mass is 10.1. The van der Waals surface area contributed by atoms with Gasteiger partial charge in [0.05, 0.1) is 0 Å². The van der Waals surface area contributed by atoms with Gasteiger partial charge in [-0.15, -0.1) is 0 Å². The zero-order chi connectivity index (χ0) is 15.2. The third kappa shape index (κ3) is 5.43. The van der Waals surface area contributed by atoms with E-state index in [9.17, 15) is 0 Å². The molecule has 0 aliphatic rings. The van der Waals surface area contributed by atoms with Crippen molar-refractivity contribution < 1.29 is 4.43 Å². The van der Waals surface area contributed by atoms with Crippen LogP contribution in [0.25, 0.3) is 0 Å². The molecule has 0 bridgehead atoms. The van der Waals surface area contributed by atoms with Gasteiger partial charge >= 0.3 is 0 Å². The molecule has 0 unspecified atom stereocenters. The molecular formula is C17H27ClOSi. The van der Waals surface area contributed by atoms with E-state index in [1.165, 1.54) is 5.56 Å². The Morgan fingerprint density at radius 3 is 2.40 bits per heavy atom. The van der Waals surface area contributed by atoms with Crippen LogP contribution in [0.1, 0.15) is 32.8 Å². The third-order valence-electron chi connectivity index (χ3n) is 4.02. The Balaban J connectivity index is 2.32. The average Bonchev–Trinajstić information content (AvgIpc) is 2.34. The molecule has 0 aliphatic heterocycles. The van der Waals surface area contributed by atoms with Gasteiger partial charge in [-0.3, -0.25) is 0 Å². The SMILES string of the molecule is CC(C)(C)[Si](C)(C)OCC/C=C/Cc1ccccc1Cl. The minimum atomic E-state index is -1.59. The highest BCUT2D eigenvalue weighted by Crippen LogP contribution is 2.36. The first-order valence-electron chi connectivity index (χ1n) is 7.26. The highest BCUT2D eigenvalue weighted by Gasteiger charge is 2.36. The van der Waals surface area contributed by atoms with Gasteiger partial charge in [-0.25, -0.2) is 0 Å². The second-order valence-corrected chi connectivity index (χ2v) is 11.9. The normalized spacial score (nSPS) is 13.1. The summed E-state index contributed by atoms with van der Waals surface area (Å²) in [4.78, 5) is 0. The molecule has 0 radical (unpaired) electrons. The molecule has 0 amide bonds. The number of hydrogen-bond donors (Lipinski definition) is 0. The van der Waals surface area contributed by atoms with Gasteiger partial charge in [-0.05, 0) is 42.6 Å². The molecule has 1 rings (SSSR count). The largest absolute Gasteiger partial charge is 0.417 e. The fraction of sp³-hybridized carbons (Fsp3) is 0.529. The van der Waals surface area contributed by atoms with Crippen LogP contribution in [-0.4, -0.2) is 14.9 Å². The van der Waals surface area contributed by atoms with Crippen LogP contribution in [0.4, 0.5) is 0 Å². The summed E-state index contributed by atoms with van der Waals surface area (Å²) >= 11 is 6.12. The maximum atomic E-state index is 6.13. The number of benzene rings is 1. The van der Waals surface area contributed by atoms with Crippen LogP contribution in [-0.2, 0) is 10.8 Å². The zero-order valence-corrected chi connectivity index (χ0v) is 15.1. The molecule has 0 aliphatic carbocycles. The van der Waals surface area contributed by atoms with Crippen molar-refractivity contribution in [2.75, 3.05) is 6.61 Å². The van der Waals surface area contributed by atoms with Crippen molar-refractivity contribution >= 4 is 19.9 Å². The summed E-state index contributed by atoms with van der Waals surface area (Å²) in [5.41, 5.74) is 1.18. The van der Waals surface area contributed by atoms with Gasteiger partial charge in [-0.2, -0.15) is 0 Å². The molecule has 0 saturated carbocycles. The Morgan fingerprint density at radius 2 is 1.80 bits per heavy atom. The summed E-state index contributed by atoms with van der Waals surface area (Å²) in [6.07, 6.45) is 6.23. The van der Waals surface area contributed by atoms with Crippen LogP contribution >= 0.6 is 11.6 Å². The van der Waals surface area contributed by atoms with E-state index in [-0.39, 0.29) is 5.04 Å². The first-order valence-corrected chi connectivity index (χ1v) is 10.5. The van der Waals surface area contributed by atoms with Crippen LogP contribution in [0.15, 0.2) is 36.4 Å². The van der Waals surface area contributed by atoms with E-state index >= 15 is 0 Å². The smallest absolute Gasteiger partial charge is 0.191 e. The second kappa shape index (κ2) is 7.44. The summed E-state index contributed by atoms with van der Waals surface area (Å²) in [6.45, 7) is 12.2. The van der Waals surface area contributed by atoms with Crippen LogP contribution in [0.2, 0.25) is 23.2 Å². The summed E-state index contributed by atoms with van der Waals surface area (Å²) in [7, 11) is -1.59. The molecule has 0 heterocycles. The van der Waals surface area contributed by atoms with E-state index < -0.39 is 8.32 Å². The highest BCUT2D eigenvalue weighted by atomic mass is 35.5. The Kier molecular flexibility index (Phi) is 6.50. The summed E-state index contributed by atoms with van der Waals surface area (Å²) in [5, 5.41) is 1.13. The van der Waals surface area contributed by atoms with E-state index in [0.717, 1.165) is 24.5 Å². The molecule has 1 aromatic rings. The van der Waals surface area contributed by atoms with Gasteiger partial charge in [0.1, 0.15) is 0 Å². The van der Waals surface area contributed by atoms with Crippen molar-refractivity contribution in [1.82, 2.24) is 0 Å². The molecule has 0 fully saturated rings. The molecule has 112 valence electrons. The van der Waals surface area contributed by atoms with Gasteiger partial charge in [-0.1, -0.05) is 62.7 Å². The van der Waals surface area contributed by atoms with Crippen molar-refractivity contribution in [2.45, 2.75) is 51.7 Å². The Labute approximate surface area is 130 Å². The lowest BCUT2D eigenvalue weighted by molar-refractivity contribution is 0.294. The summed E-state index contributed by atoms with van der Waals surface area (Å²) in [5.74, 6) is 0. The molecule has 0 aromatic heterocycles. The van der Waals surface area contributed by atoms with Crippen molar-refractivity contribution in [3.05, 3.63) is 47.0 Å². The second-order valence-electron chi connectivity index (χ2n) is 6.66.